The second-order valence-electron chi connectivity index (χ2n) is 6.12. The lowest BCUT2D eigenvalue weighted by atomic mass is 10.1. The molecule has 6 heteroatoms. The highest BCUT2D eigenvalue weighted by molar-refractivity contribution is 7.97. The minimum atomic E-state index is -0.131. The normalized spacial score (nSPS) is 10.9. The molecule has 0 atom stereocenters. The van der Waals surface area contributed by atoms with Crippen LogP contribution in [0.25, 0.3) is 17.0 Å². The summed E-state index contributed by atoms with van der Waals surface area (Å²) < 4.78 is 1.92. The van der Waals surface area contributed by atoms with Crippen molar-refractivity contribution in [2.75, 3.05) is 11.6 Å². The lowest BCUT2D eigenvalue weighted by Crippen LogP contribution is -2.11. The van der Waals surface area contributed by atoms with E-state index in [0.717, 1.165) is 28.5 Å². The predicted molar refractivity (Wildman–Crippen MR) is 110 cm³/mol. The number of anilines is 1. The van der Waals surface area contributed by atoms with Gasteiger partial charge in [0, 0.05) is 28.8 Å². The number of nitrogens with one attached hydrogen (secondary N) is 1. The van der Waals surface area contributed by atoms with Gasteiger partial charge in [-0.05, 0) is 48.2 Å². The second-order valence-corrected chi connectivity index (χ2v) is 6.98. The van der Waals surface area contributed by atoms with Crippen LogP contribution < -0.4 is 5.32 Å². The maximum atomic E-state index is 12.5. The number of aromatic nitrogens is 3. The third kappa shape index (κ3) is 3.71. The van der Waals surface area contributed by atoms with Gasteiger partial charge in [0.25, 0.3) is 5.91 Å². The Labute approximate surface area is 161 Å². The average Bonchev–Trinajstić information content (AvgIpc) is 3.13. The molecule has 2 heterocycles. The summed E-state index contributed by atoms with van der Waals surface area (Å²) in [6, 6.07) is 21.1. The van der Waals surface area contributed by atoms with E-state index in [4.69, 9.17) is 0 Å². The molecule has 0 radical (unpaired) electrons. The Morgan fingerprint density at radius 2 is 1.89 bits per heavy atom. The molecule has 0 bridgehead atoms. The highest BCUT2D eigenvalue weighted by Crippen LogP contribution is 2.22. The summed E-state index contributed by atoms with van der Waals surface area (Å²) in [7, 11) is 0. The molecule has 0 saturated heterocycles. The van der Waals surface area contributed by atoms with Gasteiger partial charge in [-0.25, -0.2) is 0 Å². The van der Waals surface area contributed by atoms with Crippen molar-refractivity contribution in [1.29, 1.82) is 0 Å². The van der Waals surface area contributed by atoms with Crippen molar-refractivity contribution < 1.29 is 4.79 Å². The molecular formula is C21H18N4OS. The van der Waals surface area contributed by atoms with Gasteiger partial charge in [0.2, 0.25) is 0 Å². The zero-order valence-electron chi connectivity index (χ0n) is 14.8. The first-order valence-electron chi connectivity index (χ1n) is 8.54. The van der Waals surface area contributed by atoms with Gasteiger partial charge >= 0.3 is 0 Å². The van der Waals surface area contributed by atoms with E-state index in [1.165, 1.54) is 5.56 Å². The quantitative estimate of drug-likeness (QED) is 0.558. The first-order chi connectivity index (χ1) is 13.2. The van der Waals surface area contributed by atoms with Crippen LogP contribution >= 0.6 is 11.8 Å². The standard InChI is InChI=1S/C21H18N4OS/c1-27-14-15-8-10-16(11-9-15)21(26)22-18-6-4-5-17(13-18)20-24-23-19-7-2-3-12-25(19)20/h2-13H,14H2,1H3,(H,22,26). The summed E-state index contributed by atoms with van der Waals surface area (Å²) in [6.45, 7) is 0. The van der Waals surface area contributed by atoms with Gasteiger partial charge in [-0.2, -0.15) is 11.8 Å². The van der Waals surface area contributed by atoms with Crippen molar-refractivity contribution in [2.45, 2.75) is 5.75 Å². The molecule has 4 rings (SSSR count). The van der Waals surface area contributed by atoms with E-state index in [0.29, 0.717) is 5.56 Å². The fraction of sp³-hybridized carbons (Fsp3) is 0.0952. The molecule has 5 nitrogen and oxygen atoms in total. The van der Waals surface area contributed by atoms with Crippen LogP contribution in [0.3, 0.4) is 0 Å². The molecule has 27 heavy (non-hydrogen) atoms. The average molecular weight is 374 g/mol. The number of carbonyl (C=O) groups excluding carboxylic acids is 1. The van der Waals surface area contributed by atoms with Gasteiger partial charge in [-0.1, -0.05) is 30.3 Å². The van der Waals surface area contributed by atoms with Crippen LogP contribution in [0.4, 0.5) is 5.69 Å². The van der Waals surface area contributed by atoms with Crippen LogP contribution in [0.5, 0.6) is 0 Å². The first kappa shape index (κ1) is 17.3. The highest BCUT2D eigenvalue weighted by atomic mass is 32.2. The molecule has 0 aliphatic rings. The molecule has 134 valence electrons. The first-order valence-corrected chi connectivity index (χ1v) is 9.93. The molecule has 0 fully saturated rings. The number of carbonyl (C=O) groups is 1. The number of hydrogen-bond donors (Lipinski definition) is 1. The maximum Gasteiger partial charge on any atom is 0.255 e. The molecule has 2 aromatic heterocycles. The smallest absolute Gasteiger partial charge is 0.255 e. The van der Waals surface area contributed by atoms with Gasteiger partial charge in [0.1, 0.15) is 0 Å². The van der Waals surface area contributed by atoms with E-state index < -0.39 is 0 Å². The molecule has 2 aromatic carbocycles. The molecule has 1 amide bonds. The highest BCUT2D eigenvalue weighted by Gasteiger charge is 2.10. The van der Waals surface area contributed by atoms with Crippen molar-refractivity contribution in [3.8, 4) is 11.4 Å². The minimum absolute atomic E-state index is 0.131. The topological polar surface area (TPSA) is 59.3 Å². The zero-order valence-corrected chi connectivity index (χ0v) is 15.6. The van der Waals surface area contributed by atoms with Gasteiger partial charge in [0.05, 0.1) is 0 Å². The summed E-state index contributed by atoms with van der Waals surface area (Å²) in [6.07, 6.45) is 3.98. The summed E-state index contributed by atoms with van der Waals surface area (Å²) in [5.74, 6) is 1.55. The van der Waals surface area contributed by atoms with Crippen LogP contribution in [0.1, 0.15) is 15.9 Å². The Balaban J connectivity index is 1.56. The molecule has 1 N–H and O–H groups in total. The minimum Gasteiger partial charge on any atom is -0.322 e. The van der Waals surface area contributed by atoms with E-state index in [1.807, 2.05) is 77.3 Å². The van der Waals surface area contributed by atoms with E-state index in [-0.39, 0.29) is 5.91 Å². The van der Waals surface area contributed by atoms with Crippen molar-refractivity contribution in [1.82, 2.24) is 14.6 Å². The summed E-state index contributed by atoms with van der Waals surface area (Å²) in [5, 5.41) is 11.4. The lowest BCUT2D eigenvalue weighted by Gasteiger charge is -2.08. The Bertz CT molecular complexity index is 1090. The van der Waals surface area contributed by atoms with Crippen LogP contribution in [0.2, 0.25) is 0 Å². The maximum absolute atomic E-state index is 12.5. The predicted octanol–water partition coefficient (Wildman–Crippen LogP) is 4.51. The number of hydrogen-bond acceptors (Lipinski definition) is 4. The molecule has 0 saturated carbocycles. The van der Waals surface area contributed by atoms with Crippen LogP contribution in [0, 0.1) is 0 Å². The summed E-state index contributed by atoms with van der Waals surface area (Å²) >= 11 is 1.76. The fourth-order valence-electron chi connectivity index (χ4n) is 2.90. The zero-order chi connectivity index (χ0) is 18.6. The lowest BCUT2D eigenvalue weighted by molar-refractivity contribution is 0.102. The molecule has 0 unspecified atom stereocenters. The summed E-state index contributed by atoms with van der Waals surface area (Å²) in [5.41, 5.74) is 4.24. The van der Waals surface area contributed by atoms with Gasteiger partial charge in [0.15, 0.2) is 11.5 Å². The van der Waals surface area contributed by atoms with Crippen LogP contribution in [-0.2, 0) is 5.75 Å². The van der Waals surface area contributed by atoms with E-state index in [9.17, 15) is 4.79 Å². The van der Waals surface area contributed by atoms with Crippen LogP contribution in [-0.4, -0.2) is 26.8 Å². The Morgan fingerprint density at radius 1 is 1.04 bits per heavy atom. The molecular weight excluding hydrogens is 356 g/mol. The number of pyridine rings is 1. The Morgan fingerprint density at radius 3 is 2.70 bits per heavy atom. The van der Waals surface area contributed by atoms with E-state index >= 15 is 0 Å². The monoisotopic (exact) mass is 374 g/mol. The number of benzene rings is 2. The third-order valence-corrected chi connectivity index (χ3v) is 4.84. The summed E-state index contributed by atoms with van der Waals surface area (Å²) in [4.78, 5) is 12.5. The third-order valence-electron chi connectivity index (χ3n) is 4.22. The van der Waals surface area contributed by atoms with Crippen molar-refractivity contribution >= 4 is 29.0 Å². The Kier molecular flexibility index (Phi) is 4.89. The fourth-order valence-corrected chi connectivity index (χ4v) is 3.42. The van der Waals surface area contributed by atoms with Gasteiger partial charge in [-0.15, -0.1) is 10.2 Å². The molecule has 0 aliphatic heterocycles. The van der Waals surface area contributed by atoms with E-state index in [1.54, 1.807) is 11.8 Å². The van der Waals surface area contributed by atoms with Gasteiger partial charge < -0.3 is 5.32 Å². The molecule has 0 spiro atoms. The van der Waals surface area contributed by atoms with Gasteiger partial charge in [-0.3, -0.25) is 9.20 Å². The number of nitrogens with zero attached hydrogens (tertiary/aromatic N) is 3. The largest absolute Gasteiger partial charge is 0.322 e. The SMILES string of the molecule is CSCc1ccc(C(=O)Nc2cccc(-c3nnc4ccccn34)c2)cc1. The van der Waals surface area contributed by atoms with Crippen molar-refractivity contribution in [2.24, 2.45) is 0 Å². The van der Waals surface area contributed by atoms with E-state index in [2.05, 4.69) is 21.8 Å². The van der Waals surface area contributed by atoms with Crippen molar-refractivity contribution in [3.63, 3.8) is 0 Å². The number of rotatable bonds is 5. The number of thioether (sulfide) groups is 1. The number of fused-ring (bicyclic) bond motifs is 1. The van der Waals surface area contributed by atoms with Crippen LogP contribution in [0.15, 0.2) is 72.9 Å². The molecule has 0 aliphatic carbocycles. The van der Waals surface area contributed by atoms with Crippen molar-refractivity contribution in [3.05, 3.63) is 84.1 Å². The second kappa shape index (κ2) is 7.63. The Hall–Kier alpha value is -3.12. The number of amides is 1. The molecule has 4 aromatic rings.